The summed E-state index contributed by atoms with van der Waals surface area (Å²) < 4.78 is 0. The number of rotatable bonds is 6. The summed E-state index contributed by atoms with van der Waals surface area (Å²) in [5.41, 5.74) is 1.47. The molecule has 2 aliphatic rings. The largest absolute Gasteiger partial charge is 0.411 e. The molecule has 3 nitrogen and oxygen atoms in total. The van der Waals surface area contributed by atoms with Crippen molar-refractivity contribution < 1.29 is 5.21 Å². The van der Waals surface area contributed by atoms with Crippen molar-refractivity contribution in [2.45, 2.75) is 57.4 Å². The Bertz CT molecular complexity index is 474. The Balaban J connectivity index is 1.59. The van der Waals surface area contributed by atoms with Gasteiger partial charge in [0.05, 0.1) is 0 Å². The lowest BCUT2D eigenvalue weighted by atomic mass is 9.77. The third-order valence-electron chi connectivity index (χ3n) is 5.82. The van der Waals surface area contributed by atoms with Crippen molar-refractivity contribution in [3.05, 3.63) is 35.9 Å². The van der Waals surface area contributed by atoms with Crippen LogP contribution in [0.3, 0.4) is 0 Å². The Morgan fingerprint density at radius 2 is 1.78 bits per heavy atom. The maximum absolute atomic E-state index is 8.74. The van der Waals surface area contributed by atoms with Crippen LogP contribution < -0.4 is 0 Å². The minimum absolute atomic E-state index is 0.490. The first-order valence-corrected chi connectivity index (χ1v) is 9.32. The number of benzene rings is 1. The first kappa shape index (κ1) is 16.5. The van der Waals surface area contributed by atoms with Gasteiger partial charge in [-0.05, 0) is 81.9 Å². The number of nitrogens with zero attached hydrogens (tertiary/aromatic N) is 2. The van der Waals surface area contributed by atoms with E-state index in [0.717, 1.165) is 12.0 Å². The fourth-order valence-electron chi connectivity index (χ4n) is 4.52. The minimum atomic E-state index is 0.490. The topological polar surface area (TPSA) is 35.8 Å². The van der Waals surface area contributed by atoms with Gasteiger partial charge in [-0.25, -0.2) is 0 Å². The number of hydrogen-bond acceptors (Lipinski definition) is 3. The molecule has 3 heteroatoms. The van der Waals surface area contributed by atoms with Crippen molar-refractivity contribution in [3.63, 3.8) is 0 Å². The van der Waals surface area contributed by atoms with E-state index in [0.29, 0.717) is 5.92 Å². The molecule has 0 bridgehead atoms. The van der Waals surface area contributed by atoms with E-state index in [1.165, 1.54) is 70.0 Å². The highest BCUT2D eigenvalue weighted by Crippen LogP contribution is 2.35. The Labute approximate surface area is 140 Å². The smallest absolute Gasteiger partial charge is 0.0466 e. The average Bonchev–Trinajstić information content (AvgIpc) is 3.12. The third-order valence-corrected chi connectivity index (χ3v) is 5.82. The van der Waals surface area contributed by atoms with Crippen molar-refractivity contribution >= 4 is 6.21 Å². The lowest BCUT2D eigenvalue weighted by Gasteiger charge is -2.38. The van der Waals surface area contributed by atoms with Crippen molar-refractivity contribution in [2.24, 2.45) is 17.0 Å². The molecule has 0 aromatic heterocycles. The van der Waals surface area contributed by atoms with Gasteiger partial charge in [0.2, 0.25) is 0 Å². The predicted octanol–water partition coefficient (Wildman–Crippen LogP) is 4.35. The van der Waals surface area contributed by atoms with Crippen LogP contribution in [-0.2, 0) is 6.42 Å². The van der Waals surface area contributed by atoms with Crippen molar-refractivity contribution in [1.82, 2.24) is 4.90 Å². The van der Waals surface area contributed by atoms with Gasteiger partial charge < -0.3 is 10.1 Å². The fraction of sp³-hybridized carbons (Fsp3) is 0.650. The summed E-state index contributed by atoms with van der Waals surface area (Å²) in [7, 11) is 0. The van der Waals surface area contributed by atoms with Crippen molar-refractivity contribution in [3.8, 4) is 0 Å². The quantitative estimate of drug-likeness (QED) is 0.481. The molecule has 1 atom stereocenters. The predicted molar refractivity (Wildman–Crippen MR) is 95.1 cm³/mol. The van der Waals surface area contributed by atoms with Gasteiger partial charge in [-0.15, -0.1) is 5.16 Å². The molecule has 0 amide bonds. The zero-order valence-electron chi connectivity index (χ0n) is 14.1. The molecule has 23 heavy (non-hydrogen) atoms. The SMILES string of the molecule is O/N=C\C1CCC(C(CCc2ccccc2)N2CCCC2)CC1. The van der Waals surface area contributed by atoms with E-state index >= 15 is 0 Å². The van der Waals surface area contributed by atoms with E-state index in [-0.39, 0.29) is 0 Å². The Kier molecular flexibility index (Phi) is 6.09. The van der Waals surface area contributed by atoms with Crippen LogP contribution in [0.25, 0.3) is 0 Å². The summed E-state index contributed by atoms with van der Waals surface area (Å²) in [4.78, 5) is 2.76. The van der Waals surface area contributed by atoms with E-state index in [4.69, 9.17) is 5.21 Å². The Morgan fingerprint density at radius 3 is 2.43 bits per heavy atom. The van der Waals surface area contributed by atoms with Crippen molar-refractivity contribution in [1.29, 1.82) is 0 Å². The van der Waals surface area contributed by atoms with E-state index in [2.05, 4.69) is 40.4 Å². The van der Waals surface area contributed by atoms with Crippen LogP contribution in [0.5, 0.6) is 0 Å². The summed E-state index contributed by atoms with van der Waals surface area (Å²) in [6.07, 6.45) is 11.9. The lowest BCUT2D eigenvalue weighted by molar-refractivity contribution is 0.128. The van der Waals surface area contributed by atoms with E-state index in [1.807, 2.05) is 0 Å². The molecule has 3 rings (SSSR count). The van der Waals surface area contributed by atoms with E-state index < -0.39 is 0 Å². The molecule has 1 aliphatic heterocycles. The van der Waals surface area contributed by atoms with E-state index in [9.17, 15) is 0 Å². The van der Waals surface area contributed by atoms with Crippen LogP contribution >= 0.6 is 0 Å². The summed E-state index contributed by atoms with van der Waals surface area (Å²) >= 11 is 0. The van der Waals surface area contributed by atoms with Crippen LogP contribution in [-0.4, -0.2) is 35.5 Å². The second-order valence-electron chi connectivity index (χ2n) is 7.27. The van der Waals surface area contributed by atoms with Crippen LogP contribution in [0.4, 0.5) is 0 Å². The average molecular weight is 314 g/mol. The van der Waals surface area contributed by atoms with Crippen LogP contribution in [0.1, 0.15) is 50.5 Å². The highest BCUT2D eigenvalue weighted by Gasteiger charge is 2.31. The summed E-state index contributed by atoms with van der Waals surface area (Å²) in [5.74, 6) is 1.31. The van der Waals surface area contributed by atoms with Gasteiger partial charge in [-0.3, -0.25) is 0 Å². The lowest BCUT2D eigenvalue weighted by Crippen LogP contribution is -2.40. The molecule has 1 N–H and O–H groups in total. The maximum atomic E-state index is 8.74. The fourth-order valence-corrected chi connectivity index (χ4v) is 4.52. The highest BCUT2D eigenvalue weighted by molar-refractivity contribution is 5.59. The van der Waals surface area contributed by atoms with Gasteiger partial charge >= 0.3 is 0 Å². The monoisotopic (exact) mass is 314 g/mol. The van der Waals surface area contributed by atoms with Crippen LogP contribution in [0, 0.1) is 11.8 Å². The van der Waals surface area contributed by atoms with E-state index in [1.54, 1.807) is 6.21 Å². The molecule has 0 radical (unpaired) electrons. The number of likely N-dealkylation sites (tertiary alicyclic amines) is 1. The van der Waals surface area contributed by atoms with Gasteiger partial charge in [0.15, 0.2) is 0 Å². The zero-order valence-corrected chi connectivity index (χ0v) is 14.1. The van der Waals surface area contributed by atoms with Gasteiger partial charge in [0, 0.05) is 12.3 Å². The van der Waals surface area contributed by atoms with Gasteiger partial charge in [0.25, 0.3) is 0 Å². The number of aryl methyl sites for hydroxylation is 1. The molecular formula is C20H30N2O. The number of oxime groups is 1. The Hall–Kier alpha value is -1.35. The van der Waals surface area contributed by atoms with Gasteiger partial charge in [-0.1, -0.05) is 30.3 Å². The molecule has 1 aliphatic carbocycles. The molecule has 1 saturated heterocycles. The summed E-state index contributed by atoms with van der Waals surface area (Å²) in [6, 6.07) is 11.7. The number of hydrogen-bond donors (Lipinski definition) is 1. The highest BCUT2D eigenvalue weighted by atomic mass is 16.4. The summed E-state index contributed by atoms with van der Waals surface area (Å²) in [5, 5.41) is 12.0. The molecule has 1 unspecified atom stereocenters. The van der Waals surface area contributed by atoms with Gasteiger partial charge in [0.1, 0.15) is 0 Å². The Morgan fingerprint density at radius 1 is 1.09 bits per heavy atom. The molecule has 1 saturated carbocycles. The first-order valence-electron chi connectivity index (χ1n) is 9.32. The van der Waals surface area contributed by atoms with Gasteiger partial charge in [-0.2, -0.15) is 0 Å². The standard InChI is InChI=1S/C20H30N2O/c23-21-16-18-8-11-19(12-9-18)20(22-14-4-5-15-22)13-10-17-6-2-1-3-7-17/h1-3,6-7,16,18-20,23H,4-5,8-15H2/b21-16-. The molecule has 0 spiro atoms. The third kappa shape index (κ3) is 4.57. The minimum Gasteiger partial charge on any atom is -0.411 e. The second kappa shape index (κ2) is 8.49. The normalized spacial score (nSPS) is 27.5. The van der Waals surface area contributed by atoms with Crippen LogP contribution in [0.15, 0.2) is 35.5 Å². The zero-order chi connectivity index (χ0) is 15.9. The molecule has 1 aromatic rings. The molecule has 1 aromatic carbocycles. The molecule has 2 fully saturated rings. The van der Waals surface area contributed by atoms with Crippen LogP contribution in [0.2, 0.25) is 0 Å². The maximum Gasteiger partial charge on any atom is 0.0466 e. The summed E-state index contributed by atoms with van der Waals surface area (Å²) in [6.45, 7) is 2.58. The second-order valence-corrected chi connectivity index (χ2v) is 7.27. The first-order chi connectivity index (χ1) is 11.4. The molecule has 1 heterocycles. The molecule has 126 valence electrons. The molecular weight excluding hydrogens is 284 g/mol. The van der Waals surface area contributed by atoms with Crippen molar-refractivity contribution in [2.75, 3.05) is 13.1 Å².